The van der Waals surface area contributed by atoms with Crippen LogP contribution in [0.4, 0.5) is 11.5 Å². The Hall–Kier alpha value is -2.96. The number of carbonyl (C=O) groups excluding carboxylic acids is 2. The van der Waals surface area contributed by atoms with Crippen LogP contribution in [0.5, 0.6) is 5.75 Å². The van der Waals surface area contributed by atoms with Gasteiger partial charge in [-0.05, 0) is 37.8 Å². The highest BCUT2D eigenvalue weighted by molar-refractivity contribution is 5.94. The van der Waals surface area contributed by atoms with Gasteiger partial charge in [-0.15, -0.1) is 0 Å². The first-order chi connectivity index (χ1) is 13.2. The Kier molecular flexibility index (Phi) is 5.00. The Morgan fingerprint density at radius 2 is 1.89 bits per heavy atom. The third-order valence-corrected chi connectivity index (χ3v) is 4.97. The summed E-state index contributed by atoms with van der Waals surface area (Å²) in [5.41, 5.74) is 0.662. The van der Waals surface area contributed by atoms with Crippen LogP contribution in [0.15, 0.2) is 42.9 Å². The van der Waals surface area contributed by atoms with Crippen molar-refractivity contribution in [2.24, 2.45) is 11.8 Å². The van der Waals surface area contributed by atoms with Gasteiger partial charge in [0.2, 0.25) is 5.91 Å². The predicted molar refractivity (Wildman–Crippen MR) is 100 cm³/mol. The molecular formula is C20H22N4O3. The van der Waals surface area contributed by atoms with Crippen LogP contribution >= 0.6 is 0 Å². The molecular weight excluding hydrogens is 344 g/mol. The monoisotopic (exact) mass is 366 g/mol. The number of amides is 1. The first-order valence-electron chi connectivity index (χ1n) is 9.32. The lowest BCUT2D eigenvalue weighted by Crippen LogP contribution is -2.38. The van der Waals surface area contributed by atoms with Gasteiger partial charge in [-0.1, -0.05) is 6.07 Å². The Balaban J connectivity index is 1.31. The van der Waals surface area contributed by atoms with Gasteiger partial charge in [-0.2, -0.15) is 0 Å². The Labute approximate surface area is 157 Å². The van der Waals surface area contributed by atoms with Crippen LogP contribution in [-0.4, -0.2) is 34.9 Å². The number of rotatable bonds is 5. The van der Waals surface area contributed by atoms with E-state index in [1.54, 1.807) is 42.9 Å². The largest absolute Gasteiger partial charge is 0.426 e. The summed E-state index contributed by atoms with van der Waals surface area (Å²) in [6, 6.07) is 7.02. The molecule has 1 aliphatic heterocycles. The van der Waals surface area contributed by atoms with E-state index in [1.165, 1.54) is 0 Å². The highest BCUT2D eigenvalue weighted by Gasteiger charge is 2.30. The molecule has 0 radical (unpaired) electrons. The van der Waals surface area contributed by atoms with Crippen LogP contribution in [0, 0.1) is 11.8 Å². The van der Waals surface area contributed by atoms with E-state index in [4.69, 9.17) is 4.74 Å². The molecule has 1 aromatic carbocycles. The summed E-state index contributed by atoms with van der Waals surface area (Å²) in [7, 11) is 0. The third kappa shape index (κ3) is 4.42. The van der Waals surface area contributed by atoms with Crippen molar-refractivity contribution in [2.75, 3.05) is 23.3 Å². The molecule has 2 aromatic rings. The number of hydrogen-bond donors (Lipinski definition) is 1. The molecule has 0 unspecified atom stereocenters. The molecule has 2 aliphatic rings. The third-order valence-electron chi connectivity index (χ3n) is 4.97. The van der Waals surface area contributed by atoms with Crippen molar-refractivity contribution in [2.45, 2.75) is 25.7 Å². The van der Waals surface area contributed by atoms with Crippen LogP contribution in [-0.2, 0) is 9.59 Å². The fourth-order valence-electron chi connectivity index (χ4n) is 3.23. The van der Waals surface area contributed by atoms with E-state index in [2.05, 4.69) is 20.2 Å². The SMILES string of the molecule is O=C(Nc1cccc(OC(=O)C2CCN(c3cnccn3)CC2)c1)C1CC1. The Bertz CT molecular complexity index is 815. The van der Waals surface area contributed by atoms with E-state index in [-0.39, 0.29) is 23.7 Å². The molecule has 2 fully saturated rings. The number of esters is 1. The lowest BCUT2D eigenvalue weighted by atomic mass is 9.97. The van der Waals surface area contributed by atoms with Crippen LogP contribution in [0.1, 0.15) is 25.7 Å². The minimum atomic E-state index is -0.223. The molecule has 0 atom stereocenters. The van der Waals surface area contributed by atoms with E-state index in [0.29, 0.717) is 24.3 Å². The molecule has 1 aliphatic carbocycles. The standard InChI is InChI=1S/C20H22N4O3/c25-19(14-4-5-14)23-16-2-1-3-17(12-16)27-20(26)15-6-10-24(11-7-15)18-13-21-8-9-22-18/h1-3,8-9,12-15H,4-7,10-11H2,(H,23,25). The number of benzene rings is 1. The van der Waals surface area contributed by atoms with Crippen molar-refractivity contribution in [3.8, 4) is 5.75 Å². The van der Waals surface area contributed by atoms with Gasteiger partial charge in [-0.3, -0.25) is 14.6 Å². The molecule has 1 amide bonds. The first-order valence-corrected chi connectivity index (χ1v) is 9.32. The maximum Gasteiger partial charge on any atom is 0.314 e. The number of ether oxygens (including phenoxy) is 1. The van der Waals surface area contributed by atoms with Crippen molar-refractivity contribution in [3.05, 3.63) is 42.9 Å². The second-order valence-corrected chi connectivity index (χ2v) is 7.04. The number of aromatic nitrogens is 2. The fraction of sp³-hybridized carbons (Fsp3) is 0.400. The molecule has 0 spiro atoms. The lowest BCUT2D eigenvalue weighted by Gasteiger charge is -2.31. The van der Waals surface area contributed by atoms with Gasteiger partial charge in [0.1, 0.15) is 11.6 Å². The van der Waals surface area contributed by atoms with Crippen molar-refractivity contribution in [1.29, 1.82) is 0 Å². The maximum absolute atomic E-state index is 12.5. The van der Waals surface area contributed by atoms with Crippen molar-refractivity contribution in [3.63, 3.8) is 0 Å². The van der Waals surface area contributed by atoms with Crippen molar-refractivity contribution >= 4 is 23.4 Å². The summed E-state index contributed by atoms with van der Waals surface area (Å²) >= 11 is 0. The van der Waals surface area contributed by atoms with Crippen molar-refractivity contribution < 1.29 is 14.3 Å². The normalized spacial score (nSPS) is 17.4. The number of hydrogen-bond acceptors (Lipinski definition) is 6. The lowest BCUT2D eigenvalue weighted by molar-refractivity contribution is -0.139. The Morgan fingerprint density at radius 1 is 1.07 bits per heavy atom. The highest BCUT2D eigenvalue weighted by atomic mass is 16.5. The summed E-state index contributed by atoms with van der Waals surface area (Å²) < 4.78 is 5.56. The summed E-state index contributed by atoms with van der Waals surface area (Å²) in [5.74, 6) is 1.11. The van der Waals surface area contributed by atoms with Crippen LogP contribution in [0.2, 0.25) is 0 Å². The van der Waals surface area contributed by atoms with Crippen LogP contribution in [0.3, 0.4) is 0 Å². The molecule has 4 rings (SSSR count). The van der Waals surface area contributed by atoms with Gasteiger partial charge in [-0.25, -0.2) is 4.98 Å². The summed E-state index contributed by atoms with van der Waals surface area (Å²) in [4.78, 5) is 34.9. The number of carbonyl (C=O) groups is 2. The zero-order valence-electron chi connectivity index (χ0n) is 15.0. The van der Waals surface area contributed by atoms with Crippen molar-refractivity contribution in [1.82, 2.24) is 9.97 Å². The molecule has 1 saturated heterocycles. The highest BCUT2D eigenvalue weighted by Crippen LogP contribution is 2.31. The zero-order valence-corrected chi connectivity index (χ0v) is 15.0. The van der Waals surface area contributed by atoms with Gasteiger partial charge in [0.15, 0.2) is 0 Å². The molecule has 7 heteroatoms. The average molecular weight is 366 g/mol. The number of nitrogens with one attached hydrogen (secondary N) is 1. The van der Waals surface area contributed by atoms with Gasteiger partial charge in [0.05, 0.1) is 12.1 Å². The quantitative estimate of drug-likeness (QED) is 0.647. The van der Waals surface area contributed by atoms with Crippen LogP contribution in [0.25, 0.3) is 0 Å². The van der Waals surface area contributed by atoms with Gasteiger partial charge < -0.3 is 15.0 Å². The van der Waals surface area contributed by atoms with E-state index in [9.17, 15) is 9.59 Å². The van der Waals surface area contributed by atoms with E-state index < -0.39 is 0 Å². The summed E-state index contributed by atoms with van der Waals surface area (Å²) in [6.45, 7) is 1.49. The van der Waals surface area contributed by atoms with E-state index in [1.807, 2.05) is 0 Å². The molecule has 140 valence electrons. The number of anilines is 2. The average Bonchev–Trinajstić information content (AvgIpc) is 3.54. The second kappa shape index (κ2) is 7.73. The molecule has 27 heavy (non-hydrogen) atoms. The fourth-order valence-corrected chi connectivity index (χ4v) is 3.23. The minimum absolute atomic E-state index is 0.0369. The Morgan fingerprint density at radius 3 is 2.59 bits per heavy atom. The van der Waals surface area contributed by atoms with E-state index >= 15 is 0 Å². The summed E-state index contributed by atoms with van der Waals surface area (Å²) in [5, 5.41) is 2.87. The molecule has 2 heterocycles. The van der Waals surface area contributed by atoms with Crippen LogP contribution < -0.4 is 15.0 Å². The number of nitrogens with zero attached hydrogens (tertiary/aromatic N) is 3. The van der Waals surface area contributed by atoms with Gasteiger partial charge >= 0.3 is 5.97 Å². The number of piperidine rings is 1. The van der Waals surface area contributed by atoms with Gasteiger partial charge in [0, 0.05) is 43.2 Å². The molecule has 7 nitrogen and oxygen atoms in total. The topological polar surface area (TPSA) is 84.4 Å². The molecule has 0 bridgehead atoms. The smallest absolute Gasteiger partial charge is 0.314 e. The van der Waals surface area contributed by atoms with E-state index in [0.717, 1.165) is 31.7 Å². The molecule has 1 saturated carbocycles. The summed E-state index contributed by atoms with van der Waals surface area (Å²) in [6.07, 6.45) is 8.39. The molecule has 1 N–H and O–H groups in total. The predicted octanol–water partition coefficient (Wildman–Crippen LogP) is 2.65. The van der Waals surface area contributed by atoms with Gasteiger partial charge in [0.25, 0.3) is 0 Å². The maximum atomic E-state index is 12.5. The first kappa shape index (κ1) is 17.5. The minimum Gasteiger partial charge on any atom is -0.426 e. The zero-order chi connectivity index (χ0) is 18.6. The second-order valence-electron chi connectivity index (χ2n) is 7.04. The molecule has 1 aromatic heterocycles.